The van der Waals surface area contributed by atoms with Gasteiger partial charge in [0.05, 0.1) is 16.9 Å². The van der Waals surface area contributed by atoms with Crippen LogP contribution >= 0.6 is 34.9 Å². The van der Waals surface area contributed by atoms with Crippen LogP contribution in [0.2, 0.25) is 0 Å². The van der Waals surface area contributed by atoms with E-state index in [1.165, 1.54) is 34.9 Å². The van der Waals surface area contributed by atoms with Crippen molar-refractivity contribution in [2.24, 2.45) is 0 Å². The number of thioether (sulfide) groups is 2. The Balaban J connectivity index is 1.72. The fourth-order valence-corrected chi connectivity index (χ4v) is 4.19. The van der Waals surface area contributed by atoms with Crippen LogP contribution in [0.15, 0.2) is 45.8 Å². The molecule has 0 aliphatic rings. The Hall–Kier alpha value is -1.78. The Morgan fingerprint density at radius 2 is 2.16 bits per heavy atom. The molecule has 0 spiro atoms. The van der Waals surface area contributed by atoms with E-state index < -0.39 is 5.76 Å². The Labute approximate surface area is 155 Å². The number of nitrogens with zero attached hydrogens (tertiary/aromatic N) is 3. The quantitative estimate of drug-likeness (QED) is 0.470. The fourth-order valence-electron chi connectivity index (χ4n) is 2.09. The van der Waals surface area contributed by atoms with Gasteiger partial charge in [0, 0.05) is 5.75 Å². The molecule has 0 saturated carbocycles. The maximum atomic E-state index is 12.5. The number of benzene rings is 1. The lowest BCUT2D eigenvalue weighted by Crippen LogP contribution is -2.11. The van der Waals surface area contributed by atoms with Gasteiger partial charge in [-0.3, -0.25) is 0 Å². The molecule has 0 fully saturated rings. The molecule has 0 atom stereocenters. The van der Waals surface area contributed by atoms with Crippen molar-refractivity contribution in [1.82, 2.24) is 14.9 Å². The minimum atomic E-state index is -2.49. The lowest BCUT2D eigenvalue weighted by Gasteiger charge is -2.10. The molecule has 3 rings (SSSR count). The van der Waals surface area contributed by atoms with Crippen LogP contribution in [0.3, 0.4) is 0 Å². The summed E-state index contributed by atoms with van der Waals surface area (Å²) in [7, 11) is 1.46. The number of hydrogen-bond acceptors (Lipinski definition) is 7. The van der Waals surface area contributed by atoms with Crippen LogP contribution in [-0.2, 0) is 5.75 Å². The van der Waals surface area contributed by atoms with E-state index in [1.54, 1.807) is 18.2 Å². The second-order valence-electron chi connectivity index (χ2n) is 4.81. The lowest BCUT2D eigenvalue weighted by molar-refractivity contribution is 0.251. The first-order chi connectivity index (χ1) is 12.1. The summed E-state index contributed by atoms with van der Waals surface area (Å²) in [6.45, 7) is 0. The molecule has 132 valence electrons. The van der Waals surface area contributed by atoms with Gasteiger partial charge in [-0.15, -0.1) is 21.5 Å². The number of aromatic nitrogens is 3. The first-order valence-electron chi connectivity index (χ1n) is 7.07. The molecular formula is C15H14F2N4OS3. The Morgan fingerprint density at radius 1 is 1.32 bits per heavy atom. The third kappa shape index (κ3) is 4.25. The summed E-state index contributed by atoms with van der Waals surface area (Å²) in [6.07, 6.45) is 0. The van der Waals surface area contributed by atoms with E-state index in [9.17, 15) is 8.78 Å². The van der Waals surface area contributed by atoms with Gasteiger partial charge in [-0.25, -0.2) is 4.68 Å². The van der Waals surface area contributed by atoms with Crippen LogP contribution < -0.4 is 10.6 Å². The molecule has 5 nitrogen and oxygen atoms in total. The molecule has 0 bridgehead atoms. The number of alkyl halides is 2. The zero-order chi connectivity index (χ0) is 17.8. The molecule has 0 radical (unpaired) electrons. The zero-order valence-corrected chi connectivity index (χ0v) is 15.5. The number of ether oxygens (including phenoxy) is 1. The SMILES string of the molecule is COc1cc(CSc2nnc(-c3cccs3)n2N)ccc1SC(F)F. The Morgan fingerprint density at radius 3 is 2.84 bits per heavy atom. The highest BCUT2D eigenvalue weighted by molar-refractivity contribution is 7.99. The van der Waals surface area contributed by atoms with Crippen molar-refractivity contribution >= 4 is 34.9 Å². The predicted molar refractivity (Wildman–Crippen MR) is 97.9 cm³/mol. The number of thiophene rings is 1. The highest BCUT2D eigenvalue weighted by Gasteiger charge is 2.14. The summed E-state index contributed by atoms with van der Waals surface area (Å²) < 4.78 is 31.7. The van der Waals surface area contributed by atoms with Crippen LogP contribution in [0.5, 0.6) is 5.75 Å². The summed E-state index contributed by atoms with van der Waals surface area (Å²) in [6, 6.07) is 9.02. The molecular weight excluding hydrogens is 386 g/mol. The fraction of sp³-hybridized carbons (Fsp3) is 0.200. The summed E-state index contributed by atoms with van der Waals surface area (Å²) in [4.78, 5) is 1.35. The average molecular weight is 401 g/mol. The van der Waals surface area contributed by atoms with E-state index in [4.69, 9.17) is 10.6 Å². The zero-order valence-electron chi connectivity index (χ0n) is 13.1. The normalized spacial score (nSPS) is 11.2. The van der Waals surface area contributed by atoms with Gasteiger partial charge >= 0.3 is 0 Å². The molecule has 1 aromatic carbocycles. The van der Waals surface area contributed by atoms with Gasteiger partial charge in [0.2, 0.25) is 5.16 Å². The van der Waals surface area contributed by atoms with Gasteiger partial charge in [0.15, 0.2) is 5.82 Å². The van der Waals surface area contributed by atoms with Gasteiger partial charge in [-0.05, 0) is 29.1 Å². The summed E-state index contributed by atoms with van der Waals surface area (Å²) in [5.41, 5.74) is 0.918. The van der Waals surface area contributed by atoms with Crippen LogP contribution in [0, 0.1) is 0 Å². The molecule has 10 heteroatoms. The Bertz CT molecular complexity index is 839. The van der Waals surface area contributed by atoms with Crippen molar-refractivity contribution < 1.29 is 13.5 Å². The van der Waals surface area contributed by atoms with Gasteiger partial charge < -0.3 is 10.6 Å². The first-order valence-corrected chi connectivity index (χ1v) is 9.82. The van der Waals surface area contributed by atoms with Crippen molar-refractivity contribution in [3.63, 3.8) is 0 Å². The highest BCUT2D eigenvalue weighted by atomic mass is 32.2. The monoisotopic (exact) mass is 400 g/mol. The molecule has 2 N–H and O–H groups in total. The first kappa shape index (κ1) is 18.0. The van der Waals surface area contributed by atoms with E-state index >= 15 is 0 Å². The summed E-state index contributed by atoms with van der Waals surface area (Å²) >= 11 is 3.42. The second-order valence-corrected chi connectivity index (χ2v) is 7.73. The van der Waals surface area contributed by atoms with Crippen molar-refractivity contribution in [3.8, 4) is 16.5 Å². The number of rotatable bonds is 7. The largest absolute Gasteiger partial charge is 0.496 e. The van der Waals surface area contributed by atoms with E-state index in [0.717, 1.165) is 10.4 Å². The molecule has 2 heterocycles. The predicted octanol–water partition coefficient (Wildman–Crippen LogP) is 4.34. The topological polar surface area (TPSA) is 66.0 Å². The molecule has 2 aromatic heterocycles. The van der Waals surface area contributed by atoms with E-state index in [1.807, 2.05) is 17.5 Å². The highest BCUT2D eigenvalue weighted by Crippen LogP contribution is 2.35. The van der Waals surface area contributed by atoms with Gasteiger partial charge in [0.25, 0.3) is 5.76 Å². The van der Waals surface area contributed by atoms with Crippen LogP contribution in [-0.4, -0.2) is 27.7 Å². The number of halogens is 2. The summed E-state index contributed by atoms with van der Waals surface area (Å²) in [5.74, 6) is 5.18. The van der Waals surface area contributed by atoms with Gasteiger partial charge in [0.1, 0.15) is 5.75 Å². The lowest BCUT2D eigenvalue weighted by atomic mass is 10.2. The molecule has 0 amide bonds. The molecule has 3 aromatic rings. The van der Waals surface area contributed by atoms with E-state index in [-0.39, 0.29) is 0 Å². The van der Waals surface area contributed by atoms with Crippen molar-refractivity contribution in [2.45, 2.75) is 21.6 Å². The molecule has 0 aliphatic carbocycles. The summed E-state index contributed by atoms with van der Waals surface area (Å²) in [5, 5.41) is 10.8. The molecule has 25 heavy (non-hydrogen) atoms. The minimum Gasteiger partial charge on any atom is -0.496 e. The van der Waals surface area contributed by atoms with Crippen LogP contribution in [0.1, 0.15) is 5.56 Å². The number of nitrogen functional groups attached to an aromatic ring is 1. The van der Waals surface area contributed by atoms with Crippen LogP contribution in [0.4, 0.5) is 8.78 Å². The smallest absolute Gasteiger partial charge is 0.289 e. The van der Waals surface area contributed by atoms with Gasteiger partial charge in [-0.2, -0.15) is 8.78 Å². The number of hydrogen-bond donors (Lipinski definition) is 1. The molecule has 0 saturated heterocycles. The van der Waals surface area contributed by atoms with E-state index in [0.29, 0.717) is 39.1 Å². The average Bonchev–Trinajstić information content (AvgIpc) is 3.23. The molecule has 0 aliphatic heterocycles. The van der Waals surface area contributed by atoms with E-state index in [2.05, 4.69) is 10.2 Å². The maximum absolute atomic E-state index is 12.5. The number of methoxy groups -OCH3 is 1. The maximum Gasteiger partial charge on any atom is 0.289 e. The third-order valence-corrected chi connectivity index (χ3v) is 5.87. The molecule has 0 unspecified atom stereocenters. The second kappa shape index (κ2) is 8.07. The standard InChI is InChI=1S/C15H14F2N4OS3/c1-22-10-7-9(4-5-11(10)25-14(16)17)8-24-15-20-19-13(21(15)18)12-3-2-6-23-12/h2-7,14H,8,18H2,1H3. The van der Waals surface area contributed by atoms with Gasteiger partial charge in [-0.1, -0.05) is 35.7 Å². The van der Waals surface area contributed by atoms with Crippen LogP contribution in [0.25, 0.3) is 10.7 Å². The number of nitrogens with two attached hydrogens (primary N) is 1. The van der Waals surface area contributed by atoms with Crippen molar-refractivity contribution in [3.05, 3.63) is 41.3 Å². The Kier molecular flexibility index (Phi) is 5.82. The van der Waals surface area contributed by atoms with Crippen molar-refractivity contribution in [1.29, 1.82) is 0 Å². The third-order valence-electron chi connectivity index (χ3n) is 3.22. The van der Waals surface area contributed by atoms with Crippen molar-refractivity contribution in [2.75, 3.05) is 13.0 Å². The minimum absolute atomic E-state index is 0.410.